The minimum atomic E-state index is -0.457. The second-order valence-electron chi connectivity index (χ2n) is 5.86. The van der Waals surface area contributed by atoms with Crippen LogP contribution >= 0.6 is 15.9 Å². The minimum absolute atomic E-state index is 0.349. The number of benzene rings is 2. The molecule has 27 heavy (non-hydrogen) atoms. The van der Waals surface area contributed by atoms with Gasteiger partial charge in [0.15, 0.2) is 0 Å². The molecule has 0 bridgehead atoms. The normalized spacial score (nSPS) is 10.7. The number of amides is 2. The Balaban J connectivity index is 1.74. The molecule has 2 aromatic carbocycles. The molecule has 0 unspecified atom stereocenters. The Morgan fingerprint density at radius 3 is 2.59 bits per heavy atom. The maximum absolute atomic E-state index is 12.4. The first-order valence-corrected chi connectivity index (χ1v) is 9.15. The monoisotopic (exact) mass is 430 g/mol. The van der Waals surface area contributed by atoms with E-state index in [0.29, 0.717) is 21.3 Å². The summed E-state index contributed by atoms with van der Waals surface area (Å²) in [4.78, 5) is 29.2. The van der Waals surface area contributed by atoms with Gasteiger partial charge >= 0.3 is 0 Å². The Bertz CT molecular complexity index is 1030. The zero-order chi connectivity index (χ0) is 19.6. The molecule has 0 fully saturated rings. The SMILES string of the molecule is CCn1c(C)nc2cc(C(=O)NNC(=O)c3cc(OC)ccc3Br)ccc21. The molecule has 0 saturated heterocycles. The molecule has 0 saturated carbocycles. The zero-order valence-electron chi connectivity index (χ0n) is 15.2. The largest absolute Gasteiger partial charge is 0.497 e. The van der Waals surface area contributed by atoms with E-state index in [1.165, 1.54) is 7.11 Å². The number of nitrogens with zero attached hydrogens (tertiary/aromatic N) is 2. The smallest absolute Gasteiger partial charge is 0.270 e. The number of imidazole rings is 1. The van der Waals surface area contributed by atoms with Crippen molar-refractivity contribution in [2.45, 2.75) is 20.4 Å². The molecule has 0 spiro atoms. The van der Waals surface area contributed by atoms with Crippen molar-refractivity contribution in [2.24, 2.45) is 0 Å². The summed E-state index contributed by atoms with van der Waals surface area (Å²) >= 11 is 3.32. The van der Waals surface area contributed by atoms with Gasteiger partial charge in [-0.15, -0.1) is 0 Å². The summed E-state index contributed by atoms with van der Waals surface area (Å²) in [5.41, 5.74) is 7.31. The first-order valence-electron chi connectivity index (χ1n) is 8.35. The highest BCUT2D eigenvalue weighted by atomic mass is 79.9. The lowest BCUT2D eigenvalue weighted by Gasteiger charge is -2.10. The van der Waals surface area contributed by atoms with Gasteiger partial charge in [0.25, 0.3) is 11.8 Å². The number of aryl methyl sites for hydroxylation is 2. The number of ether oxygens (including phenoxy) is 1. The summed E-state index contributed by atoms with van der Waals surface area (Å²) in [6.07, 6.45) is 0. The van der Waals surface area contributed by atoms with E-state index in [1.807, 2.05) is 19.9 Å². The van der Waals surface area contributed by atoms with Crippen LogP contribution in [0, 0.1) is 6.92 Å². The molecule has 0 radical (unpaired) electrons. The van der Waals surface area contributed by atoms with Crippen LogP contribution < -0.4 is 15.6 Å². The van der Waals surface area contributed by atoms with Gasteiger partial charge in [-0.3, -0.25) is 20.4 Å². The van der Waals surface area contributed by atoms with Gasteiger partial charge < -0.3 is 9.30 Å². The summed E-state index contributed by atoms with van der Waals surface area (Å²) in [5, 5.41) is 0. The van der Waals surface area contributed by atoms with E-state index < -0.39 is 11.8 Å². The number of aromatic nitrogens is 2. The van der Waals surface area contributed by atoms with Crippen molar-refractivity contribution in [2.75, 3.05) is 7.11 Å². The number of methoxy groups -OCH3 is 1. The van der Waals surface area contributed by atoms with Gasteiger partial charge in [-0.25, -0.2) is 4.98 Å². The first kappa shape index (κ1) is 18.9. The predicted molar refractivity (Wildman–Crippen MR) is 106 cm³/mol. The summed E-state index contributed by atoms with van der Waals surface area (Å²) < 4.78 is 7.78. The summed E-state index contributed by atoms with van der Waals surface area (Å²) in [7, 11) is 1.52. The molecule has 1 heterocycles. The third kappa shape index (κ3) is 3.80. The van der Waals surface area contributed by atoms with E-state index in [0.717, 1.165) is 23.4 Å². The Labute approximate surface area is 164 Å². The molecule has 0 aliphatic rings. The third-order valence-electron chi connectivity index (χ3n) is 4.23. The molecule has 2 N–H and O–H groups in total. The lowest BCUT2D eigenvalue weighted by molar-refractivity contribution is 0.0846. The summed E-state index contributed by atoms with van der Waals surface area (Å²) in [5.74, 6) is 0.553. The molecular formula is C19H19BrN4O3. The molecule has 8 heteroatoms. The number of fused-ring (bicyclic) bond motifs is 1. The fraction of sp³-hybridized carbons (Fsp3) is 0.211. The van der Waals surface area contributed by atoms with Crippen molar-refractivity contribution in [1.29, 1.82) is 0 Å². The van der Waals surface area contributed by atoms with Crippen molar-refractivity contribution in [3.63, 3.8) is 0 Å². The lowest BCUT2D eigenvalue weighted by Crippen LogP contribution is -2.41. The Morgan fingerprint density at radius 2 is 1.89 bits per heavy atom. The second kappa shape index (κ2) is 7.79. The number of nitrogens with one attached hydrogen (secondary N) is 2. The van der Waals surface area contributed by atoms with Gasteiger partial charge in [-0.1, -0.05) is 0 Å². The van der Waals surface area contributed by atoms with Crippen LogP contribution in [0.15, 0.2) is 40.9 Å². The Morgan fingerprint density at radius 1 is 1.15 bits per heavy atom. The number of hydrazine groups is 1. The molecule has 0 atom stereocenters. The van der Waals surface area contributed by atoms with E-state index in [1.54, 1.807) is 30.3 Å². The van der Waals surface area contributed by atoms with Crippen LogP contribution in [0.25, 0.3) is 11.0 Å². The molecule has 3 aromatic rings. The quantitative estimate of drug-likeness (QED) is 0.622. The van der Waals surface area contributed by atoms with Crippen LogP contribution in [0.5, 0.6) is 5.75 Å². The highest BCUT2D eigenvalue weighted by Crippen LogP contribution is 2.22. The summed E-state index contributed by atoms with van der Waals surface area (Å²) in [6, 6.07) is 10.3. The number of carbonyl (C=O) groups is 2. The Hall–Kier alpha value is -2.87. The lowest BCUT2D eigenvalue weighted by atomic mass is 10.2. The zero-order valence-corrected chi connectivity index (χ0v) is 16.8. The molecule has 1 aromatic heterocycles. The van der Waals surface area contributed by atoms with Crippen LogP contribution in [-0.4, -0.2) is 28.5 Å². The van der Waals surface area contributed by atoms with Gasteiger partial charge in [0.05, 0.1) is 23.7 Å². The van der Waals surface area contributed by atoms with Gasteiger partial charge in [0.1, 0.15) is 11.6 Å². The molecule has 140 valence electrons. The predicted octanol–water partition coefficient (Wildman–Crippen LogP) is 3.21. The second-order valence-corrected chi connectivity index (χ2v) is 6.72. The number of halogens is 1. The minimum Gasteiger partial charge on any atom is -0.497 e. The van der Waals surface area contributed by atoms with Crippen LogP contribution in [0.4, 0.5) is 0 Å². The number of carbonyl (C=O) groups excluding carboxylic acids is 2. The van der Waals surface area contributed by atoms with Crippen molar-refractivity contribution in [3.05, 3.63) is 57.8 Å². The molecule has 7 nitrogen and oxygen atoms in total. The van der Waals surface area contributed by atoms with Gasteiger partial charge in [0, 0.05) is 16.6 Å². The first-order chi connectivity index (χ1) is 12.9. The van der Waals surface area contributed by atoms with Crippen LogP contribution in [-0.2, 0) is 6.54 Å². The number of hydrogen-bond donors (Lipinski definition) is 2. The van der Waals surface area contributed by atoms with Crippen LogP contribution in [0.2, 0.25) is 0 Å². The molecule has 0 aliphatic carbocycles. The topological polar surface area (TPSA) is 85.3 Å². The molecular weight excluding hydrogens is 412 g/mol. The van der Waals surface area contributed by atoms with E-state index in [9.17, 15) is 9.59 Å². The van der Waals surface area contributed by atoms with Crippen LogP contribution in [0.1, 0.15) is 33.5 Å². The average Bonchev–Trinajstić information content (AvgIpc) is 3.00. The van der Waals surface area contributed by atoms with Crippen molar-refractivity contribution < 1.29 is 14.3 Å². The highest BCUT2D eigenvalue weighted by molar-refractivity contribution is 9.10. The standard InChI is InChI=1S/C19H19BrN4O3/c1-4-24-11(2)21-16-9-12(5-8-17(16)24)18(25)22-23-19(26)14-10-13(27-3)6-7-15(14)20/h5-10H,4H2,1-3H3,(H,22,25)(H,23,26). The fourth-order valence-corrected chi connectivity index (χ4v) is 3.28. The molecule has 0 aliphatic heterocycles. The van der Waals surface area contributed by atoms with Gasteiger partial charge in [0.2, 0.25) is 0 Å². The Kier molecular flexibility index (Phi) is 5.46. The fourth-order valence-electron chi connectivity index (χ4n) is 2.85. The average molecular weight is 431 g/mol. The molecule has 3 rings (SSSR count). The number of hydrogen-bond acceptors (Lipinski definition) is 4. The van der Waals surface area contributed by atoms with E-state index in [2.05, 4.69) is 36.3 Å². The van der Waals surface area contributed by atoms with Gasteiger partial charge in [-0.05, 0) is 66.2 Å². The highest BCUT2D eigenvalue weighted by Gasteiger charge is 2.14. The molecule has 2 amide bonds. The van der Waals surface area contributed by atoms with Gasteiger partial charge in [-0.2, -0.15) is 0 Å². The maximum Gasteiger partial charge on any atom is 0.270 e. The van der Waals surface area contributed by atoms with E-state index in [4.69, 9.17) is 4.74 Å². The van der Waals surface area contributed by atoms with E-state index in [-0.39, 0.29) is 0 Å². The third-order valence-corrected chi connectivity index (χ3v) is 4.92. The van der Waals surface area contributed by atoms with Crippen molar-refractivity contribution >= 4 is 38.8 Å². The van der Waals surface area contributed by atoms with Crippen molar-refractivity contribution in [1.82, 2.24) is 20.4 Å². The van der Waals surface area contributed by atoms with Crippen LogP contribution in [0.3, 0.4) is 0 Å². The number of rotatable bonds is 4. The maximum atomic E-state index is 12.4. The van der Waals surface area contributed by atoms with Crippen molar-refractivity contribution in [3.8, 4) is 5.75 Å². The van der Waals surface area contributed by atoms with E-state index >= 15 is 0 Å². The summed E-state index contributed by atoms with van der Waals surface area (Å²) in [6.45, 7) is 4.77.